The summed E-state index contributed by atoms with van der Waals surface area (Å²) in [5.74, 6) is -0.221. The normalized spacial score (nSPS) is 18.0. The van der Waals surface area contributed by atoms with E-state index >= 15 is 0 Å². The van der Waals surface area contributed by atoms with Gasteiger partial charge in [0, 0.05) is 24.8 Å². The molecule has 31 heavy (non-hydrogen) atoms. The molecule has 0 aromatic heterocycles. The van der Waals surface area contributed by atoms with E-state index in [0.29, 0.717) is 25.3 Å². The van der Waals surface area contributed by atoms with Crippen molar-refractivity contribution in [3.63, 3.8) is 0 Å². The van der Waals surface area contributed by atoms with E-state index in [4.69, 9.17) is 0 Å². The first-order valence-corrected chi connectivity index (χ1v) is 10.7. The SMILES string of the molecule is Cc1cccc(NC(=O)CN2CCC(N3CC(=O)N(c4ccccc4)C3=O)CC2)c1C. The van der Waals surface area contributed by atoms with Crippen molar-refractivity contribution in [2.75, 3.05) is 36.4 Å². The number of nitrogens with zero attached hydrogens (tertiary/aromatic N) is 3. The summed E-state index contributed by atoms with van der Waals surface area (Å²) in [5.41, 5.74) is 3.69. The smallest absolute Gasteiger partial charge is 0.325 e. The third-order valence-electron chi connectivity index (χ3n) is 6.25. The van der Waals surface area contributed by atoms with E-state index in [-0.39, 0.29) is 30.4 Å². The zero-order valence-electron chi connectivity index (χ0n) is 18.0. The number of carbonyl (C=O) groups is 3. The van der Waals surface area contributed by atoms with E-state index in [2.05, 4.69) is 10.2 Å². The molecule has 2 heterocycles. The summed E-state index contributed by atoms with van der Waals surface area (Å²) in [4.78, 5) is 42.9. The second-order valence-electron chi connectivity index (χ2n) is 8.28. The number of rotatable bonds is 5. The number of urea groups is 1. The lowest BCUT2D eigenvalue weighted by Gasteiger charge is -2.35. The molecule has 7 heteroatoms. The minimum Gasteiger partial charge on any atom is -0.325 e. The predicted molar refractivity (Wildman–Crippen MR) is 120 cm³/mol. The number of hydrogen-bond donors (Lipinski definition) is 1. The van der Waals surface area contributed by atoms with Crippen molar-refractivity contribution >= 4 is 29.2 Å². The summed E-state index contributed by atoms with van der Waals surface area (Å²) in [5, 5.41) is 3.01. The fourth-order valence-electron chi connectivity index (χ4n) is 4.30. The van der Waals surface area contributed by atoms with E-state index in [9.17, 15) is 14.4 Å². The minimum atomic E-state index is -0.248. The van der Waals surface area contributed by atoms with Gasteiger partial charge in [0.1, 0.15) is 6.54 Å². The summed E-state index contributed by atoms with van der Waals surface area (Å²) in [6.45, 7) is 5.90. The molecule has 4 rings (SSSR count). The number of anilines is 2. The van der Waals surface area contributed by atoms with Crippen LogP contribution in [0.15, 0.2) is 48.5 Å². The summed E-state index contributed by atoms with van der Waals surface area (Å²) < 4.78 is 0. The maximum Gasteiger partial charge on any atom is 0.332 e. The Kier molecular flexibility index (Phi) is 6.04. The molecule has 0 bridgehead atoms. The lowest BCUT2D eigenvalue weighted by Crippen LogP contribution is -2.48. The first-order chi connectivity index (χ1) is 14.9. The van der Waals surface area contributed by atoms with Crippen LogP contribution in [0.3, 0.4) is 0 Å². The average Bonchev–Trinajstić information content (AvgIpc) is 3.06. The minimum absolute atomic E-state index is 0.0171. The Hall–Kier alpha value is -3.19. The lowest BCUT2D eigenvalue weighted by molar-refractivity contribution is -0.117. The molecule has 2 aromatic rings. The van der Waals surface area contributed by atoms with Crippen molar-refractivity contribution in [2.45, 2.75) is 32.7 Å². The third kappa shape index (κ3) is 4.46. The van der Waals surface area contributed by atoms with Crippen LogP contribution in [0.5, 0.6) is 0 Å². The highest BCUT2D eigenvalue weighted by molar-refractivity contribution is 6.19. The van der Waals surface area contributed by atoms with Crippen LogP contribution in [0, 0.1) is 13.8 Å². The number of para-hydroxylation sites is 1. The monoisotopic (exact) mass is 420 g/mol. The number of hydrogen-bond acceptors (Lipinski definition) is 4. The van der Waals surface area contributed by atoms with Crippen LogP contribution in [-0.4, -0.2) is 59.9 Å². The first-order valence-electron chi connectivity index (χ1n) is 10.7. The van der Waals surface area contributed by atoms with Gasteiger partial charge in [0.2, 0.25) is 5.91 Å². The molecule has 0 radical (unpaired) electrons. The second kappa shape index (κ2) is 8.89. The van der Waals surface area contributed by atoms with Crippen molar-refractivity contribution in [1.82, 2.24) is 9.80 Å². The summed E-state index contributed by atoms with van der Waals surface area (Å²) in [6, 6.07) is 14.7. The Balaban J connectivity index is 1.31. The van der Waals surface area contributed by atoms with Gasteiger partial charge >= 0.3 is 6.03 Å². The Morgan fingerprint density at radius 3 is 2.42 bits per heavy atom. The molecule has 162 valence electrons. The van der Waals surface area contributed by atoms with Gasteiger partial charge in [-0.2, -0.15) is 0 Å². The van der Waals surface area contributed by atoms with Crippen LogP contribution >= 0.6 is 0 Å². The predicted octanol–water partition coefficient (Wildman–Crippen LogP) is 3.18. The van der Waals surface area contributed by atoms with Gasteiger partial charge in [0.15, 0.2) is 0 Å². The maximum absolute atomic E-state index is 12.9. The summed E-state index contributed by atoms with van der Waals surface area (Å²) in [7, 11) is 0. The fourth-order valence-corrected chi connectivity index (χ4v) is 4.30. The van der Waals surface area contributed by atoms with E-state index in [1.807, 2.05) is 50.2 Å². The second-order valence-corrected chi connectivity index (χ2v) is 8.28. The lowest BCUT2D eigenvalue weighted by atomic mass is 10.0. The molecular weight excluding hydrogens is 392 g/mol. The zero-order chi connectivity index (χ0) is 22.0. The van der Waals surface area contributed by atoms with Gasteiger partial charge in [-0.3, -0.25) is 14.5 Å². The fraction of sp³-hybridized carbons (Fsp3) is 0.375. The van der Waals surface area contributed by atoms with Gasteiger partial charge in [-0.25, -0.2) is 9.69 Å². The molecule has 2 aromatic carbocycles. The van der Waals surface area contributed by atoms with Gasteiger partial charge in [0.25, 0.3) is 5.91 Å². The topological polar surface area (TPSA) is 73.0 Å². The molecule has 2 aliphatic heterocycles. The van der Waals surface area contributed by atoms with Crippen molar-refractivity contribution in [2.24, 2.45) is 0 Å². The molecule has 0 atom stereocenters. The largest absolute Gasteiger partial charge is 0.332 e. The number of amides is 4. The number of aryl methyl sites for hydroxylation is 1. The molecular formula is C24H28N4O3. The first kappa shape index (κ1) is 21.1. The van der Waals surface area contributed by atoms with Gasteiger partial charge < -0.3 is 10.2 Å². The molecule has 0 unspecified atom stereocenters. The molecule has 1 N–H and O–H groups in total. The molecule has 7 nitrogen and oxygen atoms in total. The summed E-state index contributed by atoms with van der Waals surface area (Å²) in [6.07, 6.45) is 1.50. The molecule has 2 fully saturated rings. The quantitative estimate of drug-likeness (QED) is 0.754. The van der Waals surface area contributed by atoms with Crippen molar-refractivity contribution in [3.8, 4) is 0 Å². The Bertz CT molecular complexity index is 984. The van der Waals surface area contributed by atoms with Crippen LogP contribution in [0.1, 0.15) is 24.0 Å². The van der Waals surface area contributed by atoms with Crippen LogP contribution in [0.4, 0.5) is 16.2 Å². The average molecular weight is 421 g/mol. The number of nitrogens with one attached hydrogen (secondary N) is 1. The number of piperidine rings is 1. The van der Waals surface area contributed by atoms with Crippen molar-refractivity contribution < 1.29 is 14.4 Å². The van der Waals surface area contributed by atoms with Crippen molar-refractivity contribution in [3.05, 3.63) is 59.7 Å². The van der Waals surface area contributed by atoms with Crippen LogP contribution in [-0.2, 0) is 9.59 Å². The van der Waals surface area contributed by atoms with Gasteiger partial charge in [-0.1, -0.05) is 30.3 Å². The van der Waals surface area contributed by atoms with Gasteiger partial charge in [-0.15, -0.1) is 0 Å². The third-order valence-corrected chi connectivity index (χ3v) is 6.25. The maximum atomic E-state index is 12.9. The Morgan fingerprint density at radius 1 is 1.00 bits per heavy atom. The molecule has 0 aliphatic carbocycles. The van der Waals surface area contributed by atoms with Crippen LogP contribution < -0.4 is 10.2 Å². The van der Waals surface area contributed by atoms with Gasteiger partial charge in [-0.05, 0) is 56.0 Å². The summed E-state index contributed by atoms with van der Waals surface area (Å²) >= 11 is 0. The number of carbonyl (C=O) groups excluding carboxylic acids is 3. The van der Waals surface area contributed by atoms with E-state index in [1.54, 1.807) is 17.0 Å². The number of benzene rings is 2. The highest BCUT2D eigenvalue weighted by Crippen LogP contribution is 2.26. The number of imide groups is 1. The highest BCUT2D eigenvalue weighted by Gasteiger charge is 2.41. The Morgan fingerprint density at radius 2 is 1.71 bits per heavy atom. The molecule has 4 amide bonds. The zero-order valence-corrected chi connectivity index (χ0v) is 18.0. The molecule has 0 spiro atoms. The highest BCUT2D eigenvalue weighted by atomic mass is 16.2. The molecule has 0 saturated carbocycles. The van der Waals surface area contributed by atoms with E-state index < -0.39 is 0 Å². The van der Waals surface area contributed by atoms with Crippen LogP contribution in [0.2, 0.25) is 0 Å². The van der Waals surface area contributed by atoms with E-state index in [1.165, 1.54) is 4.90 Å². The molecule has 2 aliphatic rings. The van der Waals surface area contributed by atoms with Gasteiger partial charge in [0.05, 0.1) is 12.2 Å². The van der Waals surface area contributed by atoms with Crippen LogP contribution in [0.25, 0.3) is 0 Å². The number of likely N-dealkylation sites (tertiary alicyclic amines) is 1. The molecule has 2 saturated heterocycles. The van der Waals surface area contributed by atoms with E-state index in [0.717, 1.165) is 29.7 Å². The standard InChI is InChI=1S/C24H28N4O3/c1-17-7-6-10-21(18(17)2)25-22(29)15-26-13-11-19(12-14-26)27-16-23(30)28(24(27)31)20-8-4-3-5-9-20/h3-10,19H,11-16H2,1-2H3,(H,25,29). The Labute approximate surface area is 182 Å². The van der Waals surface area contributed by atoms with Crippen molar-refractivity contribution in [1.29, 1.82) is 0 Å².